The molecular weight excluding hydrogens is 355 g/mol. The van der Waals surface area contributed by atoms with Crippen molar-refractivity contribution in [2.75, 3.05) is 20.2 Å². The highest BCUT2D eigenvalue weighted by molar-refractivity contribution is 6.42. The highest BCUT2D eigenvalue weighted by atomic mass is 35.5. The number of benzene rings is 1. The number of ether oxygens (including phenoxy) is 1. The lowest BCUT2D eigenvalue weighted by atomic mass is 10.2. The van der Waals surface area contributed by atoms with Crippen LogP contribution in [0.15, 0.2) is 34.7 Å². The first-order valence-corrected chi connectivity index (χ1v) is 7.86. The van der Waals surface area contributed by atoms with Gasteiger partial charge in [0.2, 0.25) is 0 Å². The SMILES string of the molecule is COCc1ccc(C(=O)NCCNC(=O)c2ccc(Cl)c(Cl)c2)o1. The lowest BCUT2D eigenvalue weighted by Gasteiger charge is -2.07. The van der Waals surface area contributed by atoms with E-state index in [4.69, 9.17) is 32.4 Å². The molecule has 0 fully saturated rings. The van der Waals surface area contributed by atoms with Crippen molar-refractivity contribution >= 4 is 35.0 Å². The van der Waals surface area contributed by atoms with E-state index in [1.807, 2.05) is 0 Å². The molecule has 0 radical (unpaired) electrons. The van der Waals surface area contributed by atoms with Crippen LogP contribution in [-0.2, 0) is 11.3 Å². The molecule has 2 amide bonds. The van der Waals surface area contributed by atoms with E-state index < -0.39 is 0 Å². The fourth-order valence-electron chi connectivity index (χ4n) is 1.90. The monoisotopic (exact) mass is 370 g/mol. The molecule has 0 bridgehead atoms. The lowest BCUT2D eigenvalue weighted by Crippen LogP contribution is -2.34. The van der Waals surface area contributed by atoms with E-state index in [-0.39, 0.29) is 30.7 Å². The highest BCUT2D eigenvalue weighted by Gasteiger charge is 2.11. The van der Waals surface area contributed by atoms with E-state index in [2.05, 4.69) is 10.6 Å². The number of hydrogen-bond donors (Lipinski definition) is 2. The second kappa shape index (κ2) is 8.73. The number of nitrogens with one attached hydrogen (secondary N) is 2. The first kappa shape index (κ1) is 18.3. The van der Waals surface area contributed by atoms with Crippen LogP contribution in [0.5, 0.6) is 0 Å². The van der Waals surface area contributed by atoms with Gasteiger partial charge >= 0.3 is 0 Å². The summed E-state index contributed by atoms with van der Waals surface area (Å²) in [5, 5.41) is 6.01. The third-order valence-electron chi connectivity index (χ3n) is 3.05. The Hall–Kier alpha value is -2.02. The number of furan rings is 1. The van der Waals surface area contributed by atoms with Gasteiger partial charge in [0.05, 0.1) is 10.0 Å². The number of carbonyl (C=O) groups is 2. The molecule has 0 saturated heterocycles. The maximum atomic E-state index is 11.9. The van der Waals surface area contributed by atoms with Gasteiger partial charge in [-0.05, 0) is 30.3 Å². The number of rotatable bonds is 7. The highest BCUT2D eigenvalue weighted by Crippen LogP contribution is 2.22. The van der Waals surface area contributed by atoms with Crippen molar-refractivity contribution in [3.05, 3.63) is 57.5 Å². The zero-order valence-electron chi connectivity index (χ0n) is 12.9. The maximum absolute atomic E-state index is 11.9. The summed E-state index contributed by atoms with van der Waals surface area (Å²) >= 11 is 11.7. The molecule has 1 aromatic heterocycles. The van der Waals surface area contributed by atoms with Crippen LogP contribution in [0.3, 0.4) is 0 Å². The molecule has 2 N–H and O–H groups in total. The Morgan fingerprint density at radius 3 is 2.42 bits per heavy atom. The van der Waals surface area contributed by atoms with Gasteiger partial charge in [-0.2, -0.15) is 0 Å². The zero-order valence-corrected chi connectivity index (χ0v) is 14.4. The van der Waals surface area contributed by atoms with Crippen LogP contribution in [0.25, 0.3) is 0 Å². The van der Waals surface area contributed by atoms with E-state index in [0.29, 0.717) is 28.0 Å². The summed E-state index contributed by atoms with van der Waals surface area (Å²) in [6.07, 6.45) is 0. The van der Waals surface area contributed by atoms with E-state index in [1.54, 1.807) is 31.4 Å². The van der Waals surface area contributed by atoms with E-state index in [1.165, 1.54) is 6.07 Å². The molecule has 0 spiro atoms. The normalized spacial score (nSPS) is 10.5. The molecule has 0 atom stereocenters. The molecule has 8 heteroatoms. The predicted octanol–water partition coefficient (Wildman–Crippen LogP) is 2.89. The molecule has 24 heavy (non-hydrogen) atoms. The number of methoxy groups -OCH3 is 1. The first-order chi connectivity index (χ1) is 11.5. The van der Waals surface area contributed by atoms with Crippen molar-refractivity contribution in [3.63, 3.8) is 0 Å². The van der Waals surface area contributed by atoms with Gasteiger partial charge in [0.25, 0.3) is 11.8 Å². The van der Waals surface area contributed by atoms with Gasteiger partial charge in [0.15, 0.2) is 5.76 Å². The molecule has 0 aliphatic rings. The maximum Gasteiger partial charge on any atom is 0.287 e. The smallest absolute Gasteiger partial charge is 0.287 e. The quantitative estimate of drug-likeness (QED) is 0.734. The molecule has 0 aliphatic heterocycles. The van der Waals surface area contributed by atoms with Gasteiger partial charge in [-0.1, -0.05) is 23.2 Å². The summed E-state index contributed by atoms with van der Waals surface area (Å²) in [6.45, 7) is 0.815. The molecular formula is C16H16Cl2N2O4. The Morgan fingerprint density at radius 2 is 1.75 bits per heavy atom. The largest absolute Gasteiger partial charge is 0.453 e. The number of amides is 2. The Morgan fingerprint density at radius 1 is 1.04 bits per heavy atom. The summed E-state index contributed by atoms with van der Waals surface area (Å²) in [5.74, 6) is 0.0952. The topological polar surface area (TPSA) is 80.6 Å². The van der Waals surface area contributed by atoms with E-state index in [0.717, 1.165) is 0 Å². The Kier molecular flexibility index (Phi) is 6.66. The van der Waals surface area contributed by atoms with Gasteiger partial charge in [-0.25, -0.2) is 0 Å². The minimum Gasteiger partial charge on any atom is -0.453 e. The van der Waals surface area contributed by atoms with E-state index >= 15 is 0 Å². The standard InChI is InChI=1S/C16H16Cl2N2O4/c1-23-9-11-3-5-14(24-11)16(22)20-7-6-19-15(21)10-2-4-12(17)13(18)8-10/h2-5,8H,6-7,9H2,1H3,(H,19,21)(H,20,22). The number of halogens is 2. The van der Waals surface area contributed by atoms with Crippen molar-refractivity contribution in [2.24, 2.45) is 0 Å². The molecule has 128 valence electrons. The minimum absolute atomic E-state index is 0.192. The fourth-order valence-corrected chi connectivity index (χ4v) is 2.20. The molecule has 0 unspecified atom stereocenters. The van der Waals surface area contributed by atoms with Crippen LogP contribution in [0.4, 0.5) is 0 Å². The van der Waals surface area contributed by atoms with Crippen LogP contribution in [-0.4, -0.2) is 32.0 Å². The third kappa shape index (κ3) is 4.99. The Bertz CT molecular complexity index is 731. The van der Waals surface area contributed by atoms with Crippen LogP contribution < -0.4 is 10.6 Å². The summed E-state index contributed by atoms with van der Waals surface area (Å²) in [5.41, 5.74) is 0.394. The number of hydrogen-bond acceptors (Lipinski definition) is 4. The molecule has 0 saturated carbocycles. The predicted molar refractivity (Wildman–Crippen MR) is 90.5 cm³/mol. The average molecular weight is 371 g/mol. The Labute approximate surface area is 149 Å². The summed E-state index contributed by atoms with van der Waals surface area (Å²) in [7, 11) is 1.54. The van der Waals surface area contributed by atoms with Crippen molar-refractivity contribution in [2.45, 2.75) is 6.61 Å². The summed E-state index contributed by atoms with van der Waals surface area (Å²) < 4.78 is 10.2. The van der Waals surface area contributed by atoms with Crippen molar-refractivity contribution in [1.29, 1.82) is 0 Å². The van der Waals surface area contributed by atoms with Gasteiger partial charge in [0, 0.05) is 25.8 Å². The second-order valence-electron chi connectivity index (χ2n) is 4.84. The first-order valence-electron chi connectivity index (χ1n) is 7.10. The van der Waals surface area contributed by atoms with Crippen LogP contribution in [0.1, 0.15) is 26.7 Å². The zero-order chi connectivity index (χ0) is 17.5. The van der Waals surface area contributed by atoms with Crippen LogP contribution in [0, 0.1) is 0 Å². The summed E-state index contributed by atoms with van der Waals surface area (Å²) in [6, 6.07) is 7.85. The van der Waals surface area contributed by atoms with Crippen LogP contribution in [0.2, 0.25) is 10.0 Å². The fraction of sp³-hybridized carbons (Fsp3) is 0.250. The second-order valence-corrected chi connectivity index (χ2v) is 5.65. The van der Waals surface area contributed by atoms with E-state index in [9.17, 15) is 9.59 Å². The molecule has 6 nitrogen and oxygen atoms in total. The van der Waals surface area contributed by atoms with Crippen molar-refractivity contribution in [1.82, 2.24) is 10.6 Å². The molecule has 0 aliphatic carbocycles. The third-order valence-corrected chi connectivity index (χ3v) is 3.79. The molecule has 1 aromatic carbocycles. The molecule has 1 heterocycles. The van der Waals surface area contributed by atoms with Gasteiger partial charge in [-0.15, -0.1) is 0 Å². The lowest BCUT2D eigenvalue weighted by molar-refractivity contribution is 0.0904. The van der Waals surface area contributed by atoms with Crippen LogP contribution >= 0.6 is 23.2 Å². The average Bonchev–Trinajstić information content (AvgIpc) is 3.03. The van der Waals surface area contributed by atoms with Crippen molar-refractivity contribution in [3.8, 4) is 0 Å². The van der Waals surface area contributed by atoms with Gasteiger partial charge in [0.1, 0.15) is 12.4 Å². The molecule has 2 rings (SSSR count). The number of carbonyl (C=O) groups excluding carboxylic acids is 2. The Balaban J connectivity index is 1.76. The van der Waals surface area contributed by atoms with Gasteiger partial charge in [-0.3, -0.25) is 9.59 Å². The summed E-state index contributed by atoms with van der Waals surface area (Å²) in [4.78, 5) is 23.8. The molecule has 2 aromatic rings. The van der Waals surface area contributed by atoms with Crippen molar-refractivity contribution < 1.29 is 18.7 Å². The van der Waals surface area contributed by atoms with Gasteiger partial charge < -0.3 is 19.8 Å². The minimum atomic E-state index is -0.360.